The molecule has 88 valence electrons. The second kappa shape index (κ2) is 7.02. The lowest BCUT2D eigenvalue weighted by atomic mass is 10.1. The first kappa shape index (κ1) is 13.7. The third-order valence-corrected chi connectivity index (χ3v) is 3.07. The largest absolute Gasteiger partial charge is 0.300 e. The molecule has 1 aromatic carbocycles. The number of alkyl halides is 1. The third-order valence-electron chi connectivity index (χ3n) is 2.28. The zero-order valence-corrected chi connectivity index (χ0v) is 11.2. The number of Topliss-reactive ketones (excluding diaryl/α,β-unsaturated/α-hetero) is 1. The molecule has 0 aliphatic heterocycles. The van der Waals surface area contributed by atoms with Crippen molar-refractivity contribution in [2.45, 2.75) is 25.7 Å². The highest BCUT2D eigenvalue weighted by molar-refractivity contribution is 9.09. The Morgan fingerprint density at radius 3 is 2.75 bits per heavy atom. The molecule has 0 unspecified atom stereocenters. The van der Waals surface area contributed by atoms with E-state index in [0.29, 0.717) is 29.8 Å². The maximum atomic E-state index is 13.3. The van der Waals surface area contributed by atoms with Crippen LogP contribution in [-0.2, 0) is 11.2 Å². The van der Waals surface area contributed by atoms with Crippen molar-refractivity contribution in [1.82, 2.24) is 0 Å². The molecule has 0 aliphatic carbocycles. The number of carbonyl (C=O) groups is 1. The molecule has 0 saturated heterocycles. The molecule has 0 N–H and O–H groups in total. The smallest absolute Gasteiger partial charge is 0.133 e. The SMILES string of the molecule is O=C(CCCBr)CCc1ccc(Cl)cc1F. The number of hydrogen-bond donors (Lipinski definition) is 0. The Balaban J connectivity index is 2.45. The second-order valence-electron chi connectivity index (χ2n) is 3.57. The van der Waals surface area contributed by atoms with Crippen LogP contribution < -0.4 is 0 Å². The minimum absolute atomic E-state index is 0.175. The first-order chi connectivity index (χ1) is 7.63. The highest BCUT2D eigenvalue weighted by Crippen LogP contribution is 2.16. The minimum Gasteiger partial charge on any atom is -0.300 e. The number of ketones is 1. The van der Waals surface area contributed by atoms with Crippen molar-refractivity contribution >= 4 is 33.3 Å². The van der Waals surface area contributed by atoms with Gasteiger partial charge in [-0.3, -0.25) is 4.79 Å². The van der Waals surface area contributed by atoms with Gasteiger partial charge in [-0.2, -0.15) is 0 Å². The highest BCUT2D eigenvalue weighted by atomic mass is 79.9. The Morgan fingerprint density at radius 1 is 1.38 bits per heavy atom. The van der Waals surface area contributed by atoms with Gasteiger partial charge in [-0.05, 0) is 30.5 Å². The summed E-state index contributed by atoms with van der Waals surface area (Å²) in [6.07, 6.45) is 2.23. The third kappa shape index (κ3) is 4.62. The van der Waals surface area contributed by atoms with Crippen LogP contribution in [0, 0.1) is 5.82 Å². The van der Waals surface area contributed by atoms with Gasteiger partial charge in [0, 0.05) is 23.2 Å². The van der Waals surface area contributed by atoms with Crippen LogP contribution in [0.2, 0.25) is 5.02 Å². The van der Waals surface area contributed by atoms with E-state index in [2.05, 4.69) is 15.9 Å². The van der Waals surface area contributed by atoms with Crippen molar-refractivity contribution < 1.29 is 9.18 Å². The van der Waals surface area contributed by atoms with E-state index >= 15 is 0 Å². The minimum atomic E-state index is -0.333. The zero-order chi connectivity index (χ0) is 12.0. The molecule has 1 nitrogen and oxygen atoms in total. The summed E-state index contributed by atoms with van der Waals surface area (Å²) in [6, 6.07) is 4.55. The Labute approximate surface area is 108 Å². The van der Waals surface area contributed by atoms with Crippen LogP contribution in [0.25, 0.3) is 0 Å². The van der Waals surface area contributed by atoms with Gasteiger partial charge in [0.05, 0.1) is 0 Å². The summed E-state index contributed by atoms with van der Waals surface area (Å²) < 4.78 is 13.3. The average molecular weight is 308 g/mol. The van der Waals surface area contributed by atoms with Crippen LogP contribution in [-0.4, -0.2) is 11.1 Å². The molecule has 0 bridgehead atoms. The zero-order valence-electron chi connectivity index (χ0n) is 8.81. The van der Waals surface area contributed by atoms with Gasteiger partial charge >= 0.3 is 0 Å². The fraction of sp³-hybridized carbons (Fsp3) is 0.417. The molecule has 0 aromatic heterocycles. The van der Waals surface area contributed by atoms with Gasteiger partial charge < -0.3 is 0 Å². The molecule has 0 aliphatic rings. The Bertz CT molecular complexity index is 368. The molecule has 1 rings (SSSR count). The molecule has 0 radical (unpaired) electrons. The number of hydrogen-bond acceptors (Lipinski definition) is 1. The van der Waals surface area contributed by atoms with Crippen molar-refractivity contribution in [1.29, 1.82) is 0 Å². The normalized spacial score (nSPS) is 10.4. The monoisotopic (exact) mass is 306 g/mol. The molecule has 0 heterocycles. The predicted octanol–water partition coefficient (Wildman–Crippen LogP) is 4.16. The Morgan fingerprint density at radius 2 is 2.12 bits per heavy atom. The molecule has 0 spiro atoms. The molecule has 0 atom stereocenters. The van der Waals surface area contributed by atoms with Gasteiger partial charge in [-0.25, -0.2) is 4.39 Å². The lowest BCUT2D eigenvalue weighted by Gasteiger charge is -2.03. The maximum absolute atomic E-state index is 13.3. The van der Waals surface area contributed by atoms with Crippen LogP contribution in [0.1, 0.15) is 24.8 Å². The highest BCUT2D eigenvalue weighted by Gasteiger charge is 2.06. The Hall–Kier alpha value is -0.410. The maximum Gasteiger partial charge on any atom is 0.133 e. The molecule has 4 heteroatoms. The summed E-state index contributed by atoms with van der Waals surface area (Å²) in [5, 5.41) is 1.21. The number of aryl methyl sites for hydroxylation is 1. The van der Waals surface area contributed by atoms with Crippen LogP contribution in [0.4, 0.5) is 4.39 Å². The molecule has 0 saturated carbocycles. The van der Waals surface area contributed by atoms with E-state index in [1.807, 2.05) is 0 Å². The van der Waals surface area contributed by atoms with Gasteiger partial charge in [-0.1, -0.05) is 33.6 Å². The van der Waals surface area contributed by atoms with E-state index in [-0.39, 0.29) is 11.6 Å². The molecular formula is C12H13BrClFO. The first-order valence-electron chi connectivity index (χ1n) is 5.15. The standard InChI is InChI=1S/C12H13BrClFO/c13-7-1-2-11(16)6-4-9-3-5-10(14)8-12(9)15/h3,5,8H,1-2,4,6-7H2. The van der Waals surface area contributed by atoms with E-state index < -0.39 is 0 Å². The fourth-order valence-corrected chi connectivity index (χ4v) is 1.83. The van der Waals surface area contributed by atoms with Gasteiger partial charge in [0.15, 0.2) is 0 Å². The average Bonchev–Trinajstić information content (AvgIpc) is 2.25. The molecular weight excluding hydrogens is 294 g/mol. The van der Waals surface area contributed by atoms with E-state index in [1.54, 1.807) is 12.1 Å². The number of carbonyl (C=O) groups excluding carboxylic acids is 1. The van der Waals surface area contributed by atoms with E-state index in [1.165, 1.54) is 6.07 Å². The van der Waals surface area contributed by atoms with Crippen LogP contribution in [0.15, 0.2) is 18.2 Å². The van der Waals surface area contributed by atoms with Gasteiger partial charge in [0.2, 0.25) is 0 Å². The van der Waals surface area contributed by atoms with Gasteiger partial charge in [0.1, 0.15) is 11.6 Å². The molecule has 16 heavy (non-hydrogen) atoms. The molecule has 1 aromatic rings. The topological polar surface area (TPSA) is 17.1 Å². The lowest BCUT2D eigenvalue weighted by molar-refractivity contribution is -0.119. The summed E-state index contributed by atoms with van der Waals surface area (Å²) in [7, 11) is 0. The number of benzene rings is 1. The van der Waals surface area contributed by atoms with E-state index in [0.717, 1.165) is 11.8 Å². The Kier molecular flexibility index (Phi) is 5.99. The van der Waals surface area contributed by atoms with Crippen molar-refractivity contribution in [3.63, 3.8) is 0 Å². The predicted molar refractivity (Wildman–Crippen MR) is 67.8 cm³/mol. The molecule has 0 fully saturated rings. The van der Waals surface area contributed by atoms with Crippen molar-refractivity contribution in [3.8, 4) is 0 Å². The van der Waals surface area contributed by atoms with Crippen LogP contribution >= 0.6 is 27.5 Å². The first-order valence-corrected chi connectivity index (χ1v) is 6.65. The second-order valence-corrected chi connectivity index (χ2v) is 4.80. The van der Waals surface area contributed by atoms with Gasteiger partial charge in [-0.15, -0.1) is 0 Å². The van der Waals surface area contributed by atoms with Crippen molar-refractivity contribution in [2.24, 2.45) is 0 Å². The quantitative estimate of drug-likeness (QED) is 0.721. The van der Waals surface area contributed by atoms with Crippen molar-refractivity contribution in [3.05, 3.63) is 34.6 Å². The summed E-state index contributed by atoms with van der Waals surface area (Å²) in [4.78, 5) is 11.4. The fourth-order valence-electron chi connectivity index (χ4n) is 1.39. The number of rotatable bonds is 6. The molecule has 0 amide bonds. The summed E-state index contributed by atoms with van der Waals surface area (Å²) in [5.41, 5.74) is 0.552. The van der Waals surface area contributed by atoms with Gasteiger partial charge in [0.25, 0.3) is 0 Å². The van der Waals surface area contributed by atoms with Crippen molar-refractivity contribution in [2.75, 3.05) is 5.33 Å². The summed E-state index contributed by atoms with van der Waals surface area (Å²) in [5.74, 6) is -0.158. The van der Waals surface area contributed by atoms with Crippen LogP contribution in [0.3, 0.4) is 0 Å². The summed E-state index contributed by atoms with van der Waals surface area (Å²) >= 11 is 8.90. The van der Waals surface area contributed by atoms with E-state index in [4.69, 9.17) is 11.6 Å². The van der Waals surface area contributed by atoms with Crippen LogP contribution in [0.5, 0.6) is 0 Å². The summed E-state index contributed by atoms with van der Waals surface area (Å²) in [6.45, 7) is 0. The number of halogens is 3. The lowest BCUT2D eigenvalue weighted by Crippen LogP contribution is -2.01. The van der Waals surface area contributed by atoms with E-state index in [9.17, 15) is 9.18 Å².